The van der Waals surface area contributed by atoms with Crippen LogP contribution in [0.15, 0.2) is 0 Å². The van der Waals surface area contributed by atoms with Crippen LogP contribution < -0.4 is 0 Å². The summed E-state index contributed by atoms with van der Waals surface area (Å²) in [6, 6.07) is 0. The van der Waals surface area contributed by atoms with E-state index < -0.39 is 30.8 Å². The number of carboxylic acid groups (broad SMARTS) is 1. The van der Waals surface area contributed by atoms with Gasteiger partial charge in [-0.3, -0.25) is 0 Å². The molecule has 9 heteroatoms. The molecule has 1 unspecified atom stereocenters. The van der Waals surface area contributed by atoms with Gasteiger partial charge in [0.2, 0.25) is 0 Å². The molecule has 0 fully saturated rings. The Balaban J connectivity index is 4.29. The van der Waals surface area contributed by atoms with Crippen LogP contribution >= 0.6 is 27.5 Å². The molecule has 0 saturated heterocycles. The summed E-state index contributed by atoms with van der Waals surface area (Å²) in [7, 11) is 6.53. The third-order valence-corrected chi connectivity index (χ3v) is 10.7. The van der Waals surface area contributed by atoms with Crippen LogP contribution in [0.5, 0.6) is 0 Å². The van der Waals surface area contributed by atoms with Crippen molar-refractivity contribution in [2.45, 2.75) is 17.3 Å². The van der Waals surface area contributed by atoms with E-state index in [1.807, 2.05) is 0 Å². The van der Waals surface area contributed by atoms with Crippen molar-refractivity contribution < 1.29 is 24.3 Å². The molecule has 0 aromatic carbocycles. The molecule has 0 amide bonds. The maximum atomic E-state index is 10.8. The summed E-state index contributed by atoms with van der Waals surface area (Å²) in [5, 5.41) is 8.29. The Morgan fingerprint density at radius 2 is 1.92 bits per heavy atom. The van der Waals surface area contributed by atoms with Gasteiger partial charge < -0.3 is 0 Å². The van der Waals surface area contributed by atoms with E-state index in [2.05, 4.69) is 0 Å². The first-order valence-corrected chi connectivity index (χ1v) is 10.8. The van der Waals surface area contributed by atoms with Crippen LogP contribution in [0.4, 0.5) is 0 Å². The van der Waals surface area contributed by atoms with Gasteiger partial charge in [-0.05, 0) is 0 Å². The van der Waals surface area contributed by atoms with E-state index in [-0.39, 0.29) is 12.8 Å². The molecule has 3 N–H and O–H groups in total. The predicted octanol–water partition coefficient (Wildman–Crippen LogP) is 0.902. The van der Waals surface area contributed by atoms with Gasteiger partial charge in [-0.2, -0.15) is 0 Å². The fraction of sp³-hybridized carbons (Fsp3) is 0.750. The van der Waals surface area contributed by atoms with Crippen LogP contribution in [0.1, 0.15) is 12.8 Å². The Kier molecular flexibility index (Phi) is 5.92. The first-order chi connectivity index (χ1) is 5.75. The molecule has 13 heavy (non-hydrogen) atoms. The Labute approximate surface area is 87.8 Å². The number of hydrogen-bond acceptors (Lipinski definition) is 2. The summed E-state index contributed by atoms with van der Waals surface area (Å²) < 4.78 is 9.59. The van der Waals surface area contributed by atoms with E-state index in [9.17, 15) is 9.36 Å². The van der Waals surface area contributed by atoms with E-state index in [4.69, 9.17) is 34.8 Å². The van der Waals surface area contributed by atoms with Crippen molar-refractivity contribution in [2.24, 2.45) is 0 Å². The van der Waals surface area contributed by atoms with Crippen LogP contribution in [0.2, 0.25) is 0 Å². The molecule has 1 atom stereocenters. The Morgan fingerprint density at radius 3 is 2.15 bits per heavy atom. The number of rotatable bonds is 5. The van der Waals surface area contributed by atoms with Gasteiger partial charge in [0.05, 0.1) is 0 Å². The monoisotopic (exact) mass is 312 g/mol. The second-order valence-corrected chi connectivity index (χ2v) is 12.0. The van der Waals surface area contributed by atoms with Crippen LogP contribution in [0, 0.1) is 0 Å². The molecule has 0 rings (SSSR count). The molecular formula is C4H8AsCl2O5P. The molecule has 0 aliphatic heterocycles. The molecule has 0 radical (unpaired) electrons. The average molecular weight is 313 g/mol. The molecule has 0 aliphatic rings. The molecule has 0 aliphatic carbocycles. The minimum absolute atomic E-state index is 0.174. The SMILES string of the molecule is O=C(O)CCC([As](Cl)Cl)P(=O)(O)O. The van der Waals surface area contributed by atoms with Crippen molar-refractivity contribution in [3.8, 4) is 0 Å². The third-order valence-electron chi connectivity index (χ3n) is 1.23. The van der Waals surface area contributed by atoms with E-state index in [1.165, 1.54) is 0 Å². The van der Waals surface area contributed by atoms with Gasteiger partial charge in [0.15, 0.2) is 0 Å². The summed E-state index contributed by atoms with van der Waals surface area (Å²) in [5.74, 6) is -1.12. The quantitative estimate of drug-likeness (QED) is 0.518. The van der Waals surface area contributed by atoms with Crippen LogP contribution in [0.25, 0.3) is 0 Å². The zero-order valence-corrected chi connectivity index (χ0v) is 10.6. The molecule has 0 heterocycles. The number of halogens is 2. The standard InChI is InChI=1S/C4H8AsCl2O5P/c6-5(7)3(13(10,11)12)1-2-4(8)9/h3H,1-2H2,(H,8,9)(H2,10,11,12). The van der Waals surface area contributed by atoms with Gasteiger partial charge in [0, 0.05) is 0 Å². The predicted molar refractivity (Wildman–Crippen MR) is 50.2 cm³/mol. The molecule has 0 aromatic rings. The van der Waals surface area contributed by atoms with Crippen LogP contribution in [-0.4, -0.2) is 38.1 Å². The summed E-state index contributed by atoms with van der Waals surface area (Å²) in [6.45, 7) is 0. The normalized spacial score (nSPS) is 14.5. The van der Waals surface area contributed by atoms with Gasteiger partial charge >= 0.3 is 87.8 Å². The van der Waals surface area contributed by atoms with Gasteiger partial charge in [-0.25, -0.2) is 0 Å². The molecule has 0 spiro atoms. The summed E-state index contributed by atoms with van der Waals surface area (Å²) in [4.78, 5) is 27.6. The fourth-order valence-electron chi connectivity index (χ4n) is 0.632. The Morgan fingerprint density at radius 1 is 1.46 bits per heavy atom. The number of hydrogen-bond donors (Lipinski definition) is 3. The average Bonchev–Trinajstić information content (AvgIpc) is 1.81. The van der Waals surface area contributed by atoms with E-state index in [0.29, 0.717) is 0 Å². The van der Waals surface area contributed by atoms with Crippen molar-refractivity contribution in [3.63, 3.8) is 0 Å². The first-order valence-electron chi connectivity index (χ1n) is 3.13. The summed E-state index contributed by atoms with van der Waals surface area (Å²) >= 11 is -2.62. The minimum atomic E-state index is -4.35. The van der Waals surface area contributed by atoms with E-state index in [0.717, 1.165) is 0 Å². The fourth-order valence-corrected chi connectivity index (χ4v) is 8.00. The molecule has 78 valence electrons. The van der Waals surface area contributed by atoms with Gasteiger partial charge in [-0.1, -0.05) is 0 Å². The topological polar surface area (TPSA) is 94.8 Å². The number of carbonyl (C=O) groups is 1. The number of aliphatic carboxylic acids is 1. The Hall–Kier alpha value is 0.758. The van der Waals surface area contributed by atoms with Crippen molar-refractivity contribution in [1.29, 1.82) is 0 Å². The molecular weight excluding hydrogens is 305 g/mol. The first kappa shape index (κ1) is 13.8. The van der Waals surface area contributed by atoms with Crippen molar-refractivity contribution in [3.05, 3.63) is 0 Å². The van der Waals surface area contributed by atoms with Crippen molar-refractivity contribution in [1.82, 2.24) is 0 Å². The zero-order chi connectivity index (χ0) is 10.6. The molecule has 5 nitrogen and oxygen atoms in total. The van der Waals surface area contributed by atoms with Gasteiger partial charge in [0.25, 0.3) is 0 Å². The van der Waals surface area contributed by atoms with E-state index >= 15 is 0 Å². The summed E-state index contributed by atoms with van der Waals surface area (Å²) in [6.07, 6.45) is -0.507. The molecule has 0 saturated carbocycles. The molecule has 0 aromatic heterocycles. The summed E-state index contributed by atoms with van der Waals surface area (Å²) in [5.41, 5.74) is 0. The van der Waals surface area contributed by atoms with Crippen LogP contribution in [-0.2, 0) is 9.36 Å². The van der Waals surface area contributed by atoms with Crippen molar-refractivity contribution >= 4 is 46.2 Å². The molecule has 0 bridgehead atoms. The second-order valence-electron chi connectivity index (χ2n) is 2.26. The van der Waals surface area contributed by atoms with E-state index in [1.54, 1.807) is 0 Å². The second kappa shape index (κ2) is 5.59. The Bertz CT molecular complexity index is 229. The van der Waals surface area contributed by atoms with Gasteiger partial charge in [-0.15, -0.1) is 0 Å². The van der Waals surface area contributed by atoms with Crippen molar-refractivity contribution in [2.75, 3.05) is 0 Å². The zero-order valence-electron chi connectivity index (χ0n) is 6.30. The maximum absolute atomic E-state index is 10.8. The third kappa shape index (κ3) is 5.95. The van der Waals surface area contributed by atoms with Crippen LogP contribution in [0.3, 0.4) is 0 Å². The number of carboxylic acids is 1. The van der Waals surface area contributed by atoms with Gasteiger partial charge in [0.1, 0.15) is 0 Å².